The van der Waals surface area contributed by atoms with Crippen molar-refractivity contribution in [1.82, 2.24) is 0 Å². The van der Waals surface area contributed by atoms with Crippen molar-refractivity contribution in [3.63, 3.8) is 0 Å². The average molecular weight is 310 g/mol. The van der Waals surface area contributed by atoms with Crippen LogP contribution in [0.15, 0.2) is 91.0 Å². The number of rotatable bonds is 5. The van der Waals surface area contributed by atoms with Crippen LogP contribution >= 0.6 is 0 Å². The lowest BCUT2D eigenvalue weighted by molar-refractivity contribution is 0.689. The van der Waals surface area contributed by atoms with Gasteiger partial charge in [0.1, 0.15) is 0 Å². The van der Waals surface area contributed by atoms with Crippen molar-refractivity contribution in [2.75, 3.05) is 0 Å². The zero-order chi connectivity index (χ0) is 16.5. The first-order chi connectivity index (χ1) is 11.9. The molecule has 0 radical (unpaired) electrons. The smallest absolute Gasteiger partial charge is 0.0456 e. The zero-order valence-electron chi connectivity index (χ0n) is 13.9. The monoisotopic (exact) mass is 310 g/mol. The minimum Gasteiger partial charge on any atom is -0.0897 e. The van der Waals surface area contributed by atoms with Crippen LogP contribution in [0.2, 0.25) is 0 Å². The molecule has 0 aliphatic heterocycles. The van der Waals surface area contributed by atoms with E-state index in [-0.39, 0.29) is 5.92 Å². The molecule has 0 heterocycles. The van der Waals surface area contributed by atoms with E-state index in [1.165, 1.54) is 11.1 Å². The Kier molecular flexibility index (Phi) is 5.87. The third-order valence-electron chi connectivity index (χ3n) is 4.17. The van der Waals surface area contributed by atoms with Gasteiger partial charge in [0.2, 0.25) is 0 Å². The summed E-state index contributed by atoms with van der Waals surface area (Å²) in [7, 11) is 0. The van der Waals surface area contributed by atoms with Gasteiger partial charge >= 0.3 is 0 Å². The van der Waals surface area contributed by atoms with Gasteiger partial charge in [-0.3, -0.25) is 0 Å². The molecule has 24 heavy (non-hydrogen) atoms. The van der Waals surface area contributed by atoms with Gasteiger partial charge in [-0.1, -0.05) is 90.7 Å². The molecule has 0 saturated heterocycles. The van der Waals surface area contributed by atoms with Gasteiger partial charge in [-0.2, -0.15) is 0 Å². The van der Waals surface area contributed by atoms with Crippen molar-refractivity contribution < 1.29 is 0 Å². The number of hydrogen-bond donors (Lipinski definition) is 0. The summed E-state index contributed by atoms with van der Waals surface area (Å²) in [6, 6.07) is 31.6. The number of benzene rings is 3. The van der Waals surface area contributed by atoms with Crippen LogP contribution in [-0.4, -0.2) is 0 Å². The first-order valence-electron chi connectivity index (χ1n) is 8.57. The van der Waals surface area contributed by atoms with Crippen LogP contribution in [0, 0.1) is 11.8 Å². The van der Waals surface area contributed by atoms with Crippen molar-refractivity contribution in [2.24, 2.45) is 0 Å². The van der Waals surface area contributed by atoms with E-state index in [4.69, 9.17) is 0 Å². The molecular formula is C24H22. The molecule has 0 amide bonds. The van der Waals surface area contributed by atoms with Gasteiger partial charge in [0.25, 0.3) is 0 Å². The maximum Gasteiger partial charge on any atom is 0.0456 e. The van der Waals surface area contributed by atoms with Crippen molar-refractivity contribution in [1.29, 1.82) is 0 Å². The normalized spacial score (nSPS) is 11.3. The summed E-state index contributed by atoms with van der Waals surface area (Å²) in [5.41, 5.74) is 3.80. The molecule has 3 rings (SSSR count). The first-order valence-corrected chi connectivity index (χ1v) is 8.57. The molecular weight excluding hydrogens is 288 g/mol. The molecule has 118 valence electrons. The van der Waals surface area contributed by atoms with Gasteiger partial charge < -0.3 is 0 Å². The maximum atomic E-state index is 3.49. The van der Waals surface area contributed by atoms with E-state index in [1.54, 1.807) is 0 Å². The Balaban J connectivity index is 1.70. The fraction of sp³-hybridized carbons (Fsp3) is 0.167. The lowest BCUT2D eigenvalue weighted by Crippen LogP contribution is -1.97. The van der Waals surface area contributed by atoms with Crippen molar-refractivity contribution in [2.45, 2.75) is 25.2 Å². The molecule has 3 aromatic carbocycles. The first kappa shape index (κ1) is 16.1. The summed E-state index contributed by atoms with van der Waals surface area (Å²) < 4.78 is 0. The molecule has 0 nitrogen and oxygen atoms in total. The largest absolute Gasteiger partial charge is 0.0897 e. The Hall–Kier alpha value is -2.78. The quantitative estimate of drug-likeness (QED) is 0.519. The maximum absolute atomic E-state index is 3.49. The van der Waals surface area contributed by atoms with Gasteiger partial charge in [0.05, 0.1) is 0 Å². The van der Waals surface area contributed by atoms with Crippen LogP contribution < -0.4 is 0 Å². The lowest BCUT2D eigenvalue weighted by atomic mass is 9.92. The van der Waals surface area contributed by atoms with Gasteiger partial charge in [0, 0.05) is 11.5 Å². The predicted molar refractivity (Wildman–Crippen MR) is 102 cm³/mol. The van der Waals surface area contributed by atoms with E-state index in [2.05, 4.69) is 84.6 Å². The summed E-state index contributed by atoms with van der Waals surface area (Å²) in [4.78, 5) is 0. The molecule has 0 aliphatic rings. The average Bonchev–Trinajstić information content (AvgIpc) is 2.67. The third kappa shape index (κ3) is 4.86. The molecule has 0 N–H and O–H groups in total. The second kappa shape index (κ2) is 8.75. The summed E-state index contributed by atoms with van der Waals surface area (Å²) >= 11 is 0. The van der Waals surface area contributed by atoms with E-state index in [0.29, 0.717) is 0 Å². The Bertz CT molecular complexity index is 777. The molecule has 0 aliphatic carbocycles. The van der Waals surface area contributed by atoms with Crippen LogP contribution in [0.25, 0.3) is 0 Å². The lowest BCUT2D eigenvalue weighted by Gasteiger charge is -2.11. The number of hydrogen-bond acceptors (Lipinski definition) is 0. The highest BCUT2D eigenvalue weighted by Gasteiger charge is 2.08. The summed E-state index contributed by atoms with van der Waals surface area (Å²) in [5.74, 6) is 7.12. The molecule has 0 saturated carbocycles. The SMILES string of the molecule is C(#C[C@H](CCCc1ccccc1)c1ccccc1)c1ccccc1. The van der Waals surface area contributed by atoms with Gasteiger partial charge in [-0.15, -0.1) is 0 Å². The Labute approximate surface area is 145 Å². The Morgan fingerprint density at radius 1 is 0.667 bits per heavy atom. The molecule has 0 heteroatoms. The van der Waals surface area contributed by atoms with Gasteiger partial charge in [-0.05, 0) is 42.5 Å². The minimum absolute atomic E-state index is 0.287. The summed E-state index contributed by atoms with van der Waals surface area (Å²) in [6.45, 7) is 0. The van der Waals surface area contributed by atoms with Crippen molar-refractivity contribution in [3.8, 4) is 11.8 Å². The highest BCUT2D eigenvalue weighted by Crippen LogP contribution is 2.22. The molecule has 0 bridgehead atoms. The van der Waals surface area contributed by atoms with E-state index in [9.17, 15) is 0 Å². The fourth-order valence-electron chi connectivity index (χ4n) is 2.85. The molecule has 0 spiro atoms. The summed E-state index contributed by atoms with van der Waals surface area (Å²) in [5, 5.41) is 0. The Morgan fingerprint density at radius 3 is 1.92 bits per heavy atom. The standard InChI is InChI=1S/C24H22/c1-4-11-21(12-5-1)15-10-18-24(23-16-8-3-9-17-23)20-19-22-13-6-2-7-14-22/h1-9,11-14,16-17,24H,10,15,18H2/t24-/m0/s1. The van der Waals surface area contributed by atoms with Gasteiger partial charge in [-0.25, -0.2) is 0 Å². The molecule has 0 fully saturated rings. The van der Waals surface area contributed by atoms with Crippen LogP contribution in [0.5, 0.6) is 0 Å². The van der Waals surface area contributed by atoms with Gasteiger partial charge in [0.15, 0.2) is 0 Å². The zero-order valence-corrected chi connectivity index (χ0v) is 13.9. The second-order valence-corrected chi connectivity index (χ2v) is 5.98. The van der Waals surface area contributed by atoms with Crippen LogP contribution in [0.3, 0.4) is 0 Å². The van der Waals surface area contributed by atoms with E-state index in [0.717, 1.165) is 24.8 Å². The molecule has 0 aromatic heterocycles. The summed E-state index contributed by atoms with van der Waals surface area (Å²) in [6.07, 6.45) is 3.34. The fourth-order valence-corrected chi connectivity index (χ4v) is 2.85. The van der Waals surface area contributed by atoms with Crippen molar-refractivity contribution in [3.05, 3.63) is 108 Å². The predicted octanol–water partition coefficient (Wildman–Crippen LogP) is 5.84. The van der Waals surface area contributed by atoms with Crippen LogP contribution in [-0.2, 0) is 6.42 Å². The van der Waals surface area contributed by atoms with Crippen molar-refractivity contribution >= 4 is 0 Å². The third-order valence-corrected chi connectivity index (χ3v) is 4.17. The number of aryl methyl sites for hydroxylation is 1. The Morgan fingerprint density at radius 2 is 1.25 bits per heavy atom. The van der Waals surface area contributed by atoms with Crippen LogP contribution in [0.1, 0.15) is 35.4 Å². The topological polar surface area (TPSA) is 0 Å². The molecule has 3 aromatic rings. The van der Waals surface area contributed by atoms with E-state index < -0.39 is 0 Å². The van der Waals surface area contributed by atoms with E-state index >= 15 is 0 Å². The minimum atomic E-state index is 0.287. The van der Waals surface area contributed by atoms with E-state index in [1.807, 2.05) is 18.2 Å². The molecule has 0 unspecified atom stereocenters. The highest BCUT2D eigenvalue weighted by molar-refractivity contribution is 5.37. The van der Waals surface area contributed by atoms with Crippen LogP contribution in [0.4, 0.5) is 0 Å². The second-order valence-electron chi connectivity index (χ2n) is 5.98. The molecule has 1 atom stereocenters. The highest BCUT2D eigenvalue weighted by atomic mass is 14.1.